The molecule has 3 heteroatoms. The molecule has 2 rings (SSSR count). The summed E-state index contributed by atoms with van der Waals surface area (Å²) < 4.78 is 0. The minimum atomic E-state index is 0.0776. The summed E-state index contributed by atoms with van der Waals surface area (Å²) in [6, 6.07) is 0. The standard InChI is InChI=1S/C17H30N2S/c1-5-11-18-17(4,14-9-7-6-8-10-14)16-19-15(12-20-16)13(2)3/h12-14,18H,5-11H2,1-4H3. The molecule has 1 heterocycles. The van der Waals surface area contributed by atoms with Crippen LogP contribution in [-0.2, 0) is 5.54 Å². The van der Waals surface area contributed by atoms with E-state index in [4.69, 9.17) is 4.98 Å². The van der Waals surface area contributed by atoms with Gasteiger partial charge in [0.15, 0.2) is 0 Å². The number of hydrogen-bond donors (Lipinski definition) is 1. The van der Waals surface area contributed by atoms with E-state index in [0.29, 0.717) is 5.92 Å². The van der Waals surface area contributed by atoms with Crippen molar-refractivity contribution in [2.75, 3.05) is 6.54 Å². The number of nitrogens with one attached hydrogen (secondary N) is 1. The lowest BCUT2D eigenvalue weighted by molar-refractivity contribution is 0.177. The largest absolute Gasteiger partial charge is 0.305 e. The second kappa shape index (κ2) is 7.04. The molecule has 0 saturated heterocycles. The zero-order valence-electron chi connectivity index (χ0n) is 13.5. The molecule has 0 radical (unpaired) electrons. The Labute approximate surface area is 128 Å². The predicted molar refractivity (Wildman–Crippen MR) is 88.4 cm³/mol. The monoisotopic (exact) mass is 294 g/mol. The van der Waals surface area contributed by atoms with E-state index in [-0.39, 0.29) is 5.54 Å². The van der Waals surface area contributed by atoms with E-state index < -0.39 is 0 Å². The molecule has 0 amide bonds. The van der Waals surface area contributed by atoms with Crippen LogP contribution in [0.4, 0.5) is 0 Å². The highest BCUT2D eigenvalue weighted by Gasteiger charge is 2.38. The number of thiazole rings is 1. The Morgan fingerprint density at radius 2 is 2.05 bits per heavy atom. The fourth-order valence-electron chi connectivity index (χ4n) is 3.25. The fraction of sp³-hybridized carbons (Fsp3) is 0.824. The van der Waals surface area contributed by atoms with Crippen LogP contribution < -0.4 is 5.32 Å². The quantitative estimate of drug-likeness (QED) is 0.793. The van der Waals surface area contributed by atoms with E-state index in [0.717, 1.165) is 12.5 Å². The van der Waals surface area contributed by atoms with Gasteiger partial charge in [-0.2, -0.15) is 0 Å². The summed E-state index contributed by atoms with van der Waals surface area (Å²) in [6.45, 7) is 10.2. The smallest absolute Gasteiger partial charge is 0.113 e. The van der Waals surface area contributed by atoms with E-state index >= 15 is 0 Å². The molecule has 1 fully saturated rings. The third kappa shape index (κ3) is 3.43. The van der Waals surface area contributed by atoms with Gasteiger partial charge in [0.2, 0.25) is 0 Å². The second-order valence-electron chi connectivity index (χ2n) is 6.70. The van der Waals surface area contributed by atoms with Crippen molar-refractivity contribution in [2.24, 2.45) is 5.92 Å². The molecular formula is C17H30N2S. The minimum absolute atomic E-state index is 0.0776. The maximum atomic E-state index is 4.97. The molecule has 1 atom stereocenters. The molecule has 0 aromatic carbocycles. The van der Waals surface area contributed by atoms with Gasteiger partial charge in [0.25, 0.3) is 0 Å². The average Bonchev–Trinajstić information content (AvgIpc) is 2.96. The van der Waals surface area contributed by atoms with Crippen LogP contribution in [0.1, 0.15) is 82.8 Å². The molecule has 1 saturated carbocycles. The maximum absolute atomic E-state index is 4.97. The normalized spacial score (nSPS) is 20.2. The number of hydrogen-bond acceptors (Lipinski definition) is 3. The van der Waals surface area contributed by atoms with Crippen LogP contribution in [0.15, 0.2) is 5.38 Å². The Hall–Kier alpha value is -0.410. The molecule has 114 valence electrons. The Bertz CT molecular complexity index is 407. The van der Waals surface area contributed by atoms with Gasteiger partial charge in [-0.15, -0.1) is 11.3 Å². The summed E-state index contributed by atoms with van der Waals surface area (Å²) in [5.41, 5.74) is 1.33. The van der Waals surface area contributed by atoms with Gasteiger partial charge in [0, 0.05) is 5.38 Å². The lowest BCUT2D eigenvalue weighted by atomic mass is 9.75. The molecule has 1 aliphatic carbocycles. The van der Waals surface area contributed by atoms with Crippen LogP contribution in [0.25, 0.3) is 0 Å². The van der Waals surface area contributed by atoms with Crippen molar-refractivity contribution in [2.45, 2.75) is 77.7 Å². The van der Waals surface area contributed by atoms with E-state index in [1.54, 1.807) is 0 Å². The molecule has 1 aromatic rings. The molecule has 2 nitrogen and oxygen atoms in total. The maximum Gasteiger partial charge on any atom is 0.113 e. The van der Waals surface area contributed by atoms with Gasteiger partial charge in [-0.3, -0.25) is 0 Å². The number of aromatic nitrogens is 1. The highest BCUT2D eigenvalue weighted by Crippen LogP contribution is 2.40. The molecule has 1 aromatic heterocycles. The molecule has 1 N–H and O–H groups in total. The summed E-state index contributed by atoms with van der Waals surface area (Å²) in [5, 5.41) is 7.40. The lowest BCUT2D eigenvalue weighted by Gasteiger charge is -2.39. The lowest BCUT2D eigenvalue weighted by Crippen LogP contribution is -2.47. The SMILES string of the molecule is CCCNC(C)(c1nc(C(C)C)cs1)C1CCCCC1. The zero-order chi connectivity index (χ0) is 14.6. The predicted octanol–water partition coefficient (Wildman–Crippen LogP) is 5.06. The molecular weight excluding hydrogens is 264 g/mol. The van der Waals surface area contributed by atoms with Crippen LogP contribution >= 0.6 is 11.3 Å². The third-order valence-electron chi connectivity index (χ3n) is 4.72. The summed E-state index contributed by atoms with van der Waals surface area (Å²) in [6.07, 6.45) is 8.07. The summed E-state index contributed by atoms with van der Waals surface area (Å²) >= 11 is 1.86. The highest BCUT2D eigenvalue weighted by atomic mass is 32.1. The first kappa shape index (κ1) is 16.0. The van der Waals surface area contributed by atoms with Crippen molar-refractivity contribution < 1.29 is 0 Å². The van der Waals surface area contributed by atoms with Gasteiger partial charge >= 0.3 is 0 Å². The van der Waals surface area contributed by atoms with Gasteiger partial charge in [-0.1, -0.05) is 40.0 Å². The Morgan fingerprint density at radius 3 is 2.60 bits per heavy atom. The van der Waals surface area contributed by atoms with E-state index in [1.165, 1.54) is 49.2 Å². The third-order valence-corrected chi connectivity index (χ3v) is 5.82. The van der Waals surface area contributed by atoms with Crippen molar-refractivity contribution >= 4 is 11.3 Å². The van der Waals surface area contributed by atoms with Crippen LogP contribution in [0.3, 0.4) is 0 Å². The fourth-order valence-corrected chi connectivity index (χ4v) is 4.45. The van der Waals surface area contributed by atoms with Gasteiger partial charge in [0.05, 0.1) is 11.2 Å². The first-order valence-corrected chi connectivity index (χ1v) is 9.16. The van der Waals surface area contributed by atoms with Crippen molar-refractivity contribution in [1.29, 1.82) is 0 Å². The van der Waals surface area contributed by atoms with Gasteiger partial charge < -0.3 is 5.32 Å². The van der Waals surface area contributed by atoms with Crippen LogP contribution in [0.2, 0.25) is 0 Å². The van der Waals surface area contributed by atoms with E-state index in [1.807, 2.05) is 11.3 Å². The minimum Gasteiger partial charge on any atom is -0.305 e. The Kier molecular flexibility index (Phi) is 5.62. The molecule has 0 spiro atoms. The summed E-state index contributed by atoms with van der Waals surface area (Å²) in [4.78, 5) is 4.97. The molecule has 0 bridgehead atoms. The summed E-state index contributed by atoms with van der Waals surface area (Å²) in [7, 11) is 0. The van der Waals surface area contributed by atoms with Crippen LogP contribution in [0, 0.1) is 5.92 Å². The molecule has 1 unspecified atom stereocenters. The molecule has 0 aliphatic heterocycles. The first-order chi connectivity index (χ1) is 9.58. The van der Waals surface area contributed by atoms with Gasteiger partial charge in [-0.25, -0.2) is 4.98 Å². The van der Waals surface area contributed by atoms with Crippen molar-refractivity contribution in [1.82, 2.24) is 10.3 Å². The summed E-state index contributed by atoms with van der Waals surface area (Å²) in [5.74, 6) is 1.27. The Morgan fingerprint density at radius 1 is 1.35 bits per heavy atom. The van der Waals surface area contributed by atoms with E-state index in [2.05, 4.69) is 38.4 Å². The topological polar surface area (TPSA) is 24.9 Å². The van der Waals surface area contributed by atoms with Crippen molar-refractivity contribution in [3.05, 3.63) is 16.1 Å². The molecule has 1 aliphatic rings. The number of rotatable bonds is 6. The van der Waals surface area contributed by atoms with Gasteiger partial charge in [-0.05, 0) is 44.6 Å². The van der Waals surface area contributed by atoms with Crippen LogP contribution in [-0.4, -0.2) is 11.5 Å². The van der Waals surface area contributed by atoms with Crippen LogP contribution in [0.5, 0.6) is 0 Å². The first-order valence-electron chi connectivity index (χ1n) is 8.28. The second-order valence-corrected chi connectivity index (χ2v) is 7.55. The highest BCUT2D eigenvalue weighted by molar-refractivity contribution is 7.09. The van der Waals surface area contributed by atoms with Crippen molar-refractivity contribution in [3.8, 4) is 0 Å². The average molecular weight is 295 g/mol. The number of nitrogens with zero attached hydrogens (tertiary/aromatic N) is 1. The van der Waals surface area contributed by atoms with Gasteiger partial charge in [0.1, 0.15) is 5.01 Å². The van der Waals surface area contributed by atoms with E-state index in [9.17, 15) is 0 Å². The zero-order valence-corrected chi connectivity index (χ0v) is 14.4. The Balaban J connectivity index is 2.23. The van der Waals surface area contributed by atoms with Crippen molar-refractivity contribution in [3.63, 3.8) is 0 Å². The molecule has 20 heavy (non-hydrogen) atoms.